The fourth-order valence-corrected chi connectivity index (χ4v) is 3.88. The van der Waals surface area contributed by atoms with Gasteiger partial charge in [0.25, 0.3) is 5.69 Å². The molecule has 0 N–H and O–H groups in total. The number of anilines is 1. The van der Waals surface area contributed by atoms with Gasteiger partial charge in [-0.1, -0.05) is 38.8 Å². The molecule has 3 atom stereocenters. The van der Waals surface area contributed by atoms with Crippen LogP contribution in [0.1, 0.15) is 61.5 Å². The van der Waals surface area contributed by atoms with Gasteiger partial charge in [-0.05, 0) is 42.7 Å². The number of carbonyl (C=O) groups is 3. The first kappa shape index (κ1) is 26.8. The standard InChI is InChI=1S/C26H30N2O8/c1-3-5-15-34-25(30)22-23(19-9-13-21(14-10-19)28(32)33)27(20-11-7-18(17-29)8-12-20)36-24(22)26(31)35-16-6-4-2/h7-14,17,22-24H,3-6,15-16H2,1-2H3. The molecule has 36 heavy (non-hydrogen) atoms. The summed E-state index contributed by atoms with van der Waals surface area (Å²) in [5.74, 6) is -2.42. The van der Waals surface area contributed by atoms with Crippen LogP contribution in [0.4, 0.5) is 11.4 Å². The highest BCUT2D eigenvalue weighted by molar-refractivity contribution is 5.86. The number of carbonyl (C=O) groups excluding carboxylic acids is 3. The van der Waals surface area contributed by atoms with Crippen LogP contribution >= 0.6 is 0 Å². The smallest absolute Gasteiger partial charge is 0.339 e. The molecular weight excluding hydrogens is 468 g/mol. The number of rotatable bonds is 12. The van der Waals surface area contributed by atoms with Crippen LogP contribution in [-0.2, 0) is 23.9 Å². The van der Waals surface area contributed by atoms with Crippen LogP contribution in [0.25, 0.3) is 0 Å². The third kappa shape index (κ3) is 6.25. The van der Waals surface area contributed by atoms with Gasteiger partial charge < -0.3 is 9.47 Å². The van der Waals surface area contributed by atoms with Gasteiger partial charge in [-0.2, -0.15) is 0 Å². The molecule has 1 fully saturated rings. The van der Waals surface area contributed by atoms with Crippen LogP contribution < -0.4 is 5.06 Å². The SMILES string of the molecule is CCCCOC(=O)C1ON(c2ccc(C=O)cc2)C(c2ccc([N+](=O)[O-])cc2)C1C(=O)OCCCC. The normalized spacial score (nSPS) is 19.1. The molecular formula is C26H30N2O8. The molecule has 10 nitrogen and oxygen atoms in total. The Balaban J connectivity index is 2.04. The number of unbranched alkanes of at least 4 members (excludes halogenated alkanes) is 2. The summed E-state index contributed by atoms with van der Waals surface area (Å²) < 4.78 is 10.9. The number of hydrogen-bond acceptors (Lipinski definition) is 9. The Morgan fingerprint density at radius 1 is 0.972 bits per heavy atom. The lowest BCUT2D eigenvalue weighted by Gasteiger charge is -2.27. The molecule has 10 heteroatoms. The molecule has 0 aliphatic carbocycles. The minimum atomic E-state index is -1.29. The summed E-state index contributed by atoms with van der Waals surface area (Å²) in [6.45, 7) is 4.29. The summed E-state index contributed by atoms with van der Waals surface area (Å²) in [6.07, 6.45) is 2.36. The Kier molecular flexibility index (Phi) is 9.52. The highest BCUT2D eigenvalue weighted by atomic mass is 16.7. The van der Waals surface area contributed by atoms with E-state index in [0.717, 1.165) is 12.8 Å². The summed E-state index contributed by atoms with van der Waals surface area (Å²) in [4.78, 5) is 54.2. The Hall–Kier alpha value is -3.79. The third-order valence-electron chi connectivity index (χ3n) is 5.86. The molecule has 0 saturated carbocycles. The molecule has 192 valence electrons. The van der Waals surface area contributed by atoms with E-state index in [9.17, 15) is 24.5 Å². The van der Waals surface area contributed by atoms with Crippen LogP contribution in [0.15, 0.2) is 48.5 Å². The van der Waals surface area contributed by atoms with Crippen molar-refractivity contribution in [3.8, 4) is 0 Å². The lowest BCUT2D eigenvalue weighted by Crippen LogP contribution is -2.37. The summed E-state index contributed by atoms with van der Waals surface area (Å²) in [5, 5.41) is 12.6. The van der Waals surface area contributed by atoms with Gasteiger partial charge in [0.1, 0.15) is 12.2 Å². The van der Waals surface area contributed by atoms with Gasteiger partial charge in [0.05, 0.1) is 29.9 Å². The number of non-ortho nitro benzene ring substituents is 1. The van der Waals surface area contributed by atoms with Gasteiger partial charge >= 0.3 is 11.9 Å². The van der Waals surface area contributed by atoms with E-state index in [1.54, 1.807) is 24.3 Å². The second-order valence-corrected chi connectivity index (χ2v) is 8.42. The van der Waals surface area contributed by atoms with Crippen molar-refractivity contribution in [2.45, 2.75) is 51.7 Å². The Morgan fingerprint density at radius 3 is 2.08 bits per heavy atom. The van der Waals surface area contributed by atoms with Crippen molar-refractivity contribution in [3.63, 3.8) is 0 Å². The number of nitrogens with zero attached hydrogens (tertiary/aromatic N) is 2. The van der Waals surface area contributed by atoms with Crippen LogP contribution in [0.2, 0.25) is 0 Å². The van der Waals surface area contributed by atoms with E-state index >= 15 is 0 Å². The average molecular weight is 499 g/mol. The van der Waals surface area contributed by atoms with Crippen LogP contribution in [-0.4, -0.2) is 42.5 Å². The highest BCUT2D eigenvalue weighted by Crippen LogP contribution is 2.44. The summed E-state index contributed by atoms with van der Waals surface area (Å²) >= 11 is 0. The molecule has 2 aromatic rings. The van der Waals surface area contributed by atoms with Crippen molar-refractivity contribution in [1.82, 2.24) is 0 Å². The van der Waals surface area contributed by atoms with Gasteiger partial charge in [0, 0.05) is 17.7 Å². The highest BCUT2D eigenvalue weighted by Gasteiger charge is 2.53. The topological polar surface area (TPSA) is 125 Å². The number of nitro groups is 1. The predicted octanol–water partition coefficient (Wildman–Crippen LogP) is 4.57. The number of aldehydes is 1. The van der Waals surface area contributed by atoms with E-state index in [-0.39, 0.29) is 18.9 Å². The van der Waals surface area contributed by atoms with Gasteiger partial charge in [-0.15, -0.1) is 0 Å². The van der Waals surface area contributed by atoms with Crippen molar-refractivity contribution in [3.05, 3.63) is 69.8 Å². The van der Waals surface area contributed by atoms with Crippen LogP contribution in [0.3, 0.4) is 0 Å². The first-order valence-corrected chi connectivity index (χ1v) is 12.0. The molecule has 1 heterocycles. The number of hydroxylamine groups is 1. The quantitative estimate of drug-likeness (QED) is 0.136. The summed E-state index contributed by atoms with van der Waals surface area (Å²) in [6, 6.07) is 11.3. The molecule has 1 aliphatic rings. The summed E-state index contributed by atoms with van der Waals surface area (Å²) in [7, 11) is 0. The number of nitro benzene ring substituents is 1. The second kappa shape index (κ2) is 12.8. The number of esters is 2. The number of benzene rings is 2. The molecule has 0 bridgehead atoms. The maximum absolute atomic E-state index is 13.3. The monoisotopic (exact) mass is 498 g/mol. The molecule has 0 spiro atoms. The Morgan fingerprint density at radius 2 is 1.56 bits per heavy atom. The Labute approximate surface area is 209 Å². The van der Waals surface area contributed by atoms with Crippen LogP contribution in [0, 0.1) is 16.0 Å². The Bertz CT molecular complexity index is 1050. The predicted molar refractivity (Wildman–Crippen MR) is 130 cm³/mol. The average Bonchev–Trinajstić information content (AvgIpc) is 3.30. The minimum Gasteiger partial charge on any atom is -0.465 e. The first-order valence-electron chi connectivity index (χ1n) is 12.0. The van der Waals surface area contributed by atoms with Gasteiger partial charge in [-0.3, -0.25) is 24.5 Å². The number of ether oxygens (including phenoxy) is 2. The molecule has 0 aromatic heterocycles. The molecule has 0 radical (unpaired) electrons. The maximum Gasteiger partial charge on any atom is 0.339 e. The zero-order valence-electron chi connectivity index (χ0n) is 20.3. The van der Waals surface area contributed by atoms with Gasteiger partial charge in [-0.25, -0.2) is 9.86 Å². The van der Waals surface area contributed by atoms with E-state index in [4.69, 9.17) is 14.3 Å². The number of hydrogen-bond donors (Lipinski definition) is 0. The fourth-order valence-electron chi connectivity index (χ4n) is 3.88. The van der Waals surface area contributed by atoms with Gasteiger partial charge in [0.15, 0.2) is 6.10 Å². The maximum atomic E-state index is 13.3. The lowest BCUT2D eigenvalue weighted by atomic mass is 9.89. The van der Waals surface area contributed by atoms with Crippen molar-refractivity contribution < 1.29 is 33.6 Å². The van der Waals surface area contributed by atoms with E-state index in [1.165, 1.54) is 29.3 Å². The van der Waals surface area contributed by atoms with E-state index in [0.29, 0.717) is 35.9 Å². The van der Waals surface area contributed by atoms with Crippen LogP contribution in [0.5, 0.6) is 0 Å². The largest absolute Gasteiger partial charge is 0.465 e. The second-order valence-electron chi connectivity index (χ2n) is 8.42. The minimum absolute atomic E-state index is 0.114. The first-order chi connectivity index (χ1) is 17.4. The van der Waals surface area contributed by atoms with E-state index < -0.39 is 34.9 Å². The molecule has 2 aromatic carbocycles. The van der Waals surface area contributed by atoms with Crippen molar-refractivity contribution in [1.29, 1.82) is 0 Å². The van der Waals surface area contributed by atoms with Crippen molar-refractivity contribution in [2.24, 2.45) is 5.92 Å². The lowest BCUT2D eigenvalue weighted by molar-refractivity contribution is -0.384. The fraction of sp³-hybridized carbons (Fsp3) is 0.423. The van der Waals surface area contributed by atoms with Gasteiger partial charge in [0.2, 0.25) is 0 Å². The molecule has 1 aliphatic heterocycles. The van der Waals surface area contributed by atoms with Crippen molar-refractivity contribution >= 4 is 29.6 Å². The summed E-state index contributed by atoms with van der Waals surface area (Å²) in [5.41, 5.74) is 1.33. The van der Waals surface area contributed by atoms with E-state index in [1.807, 2.05) is 13.8 Å². The molecule has 3 rings (SSSR count). The zero-order valence-corrected chi connectivity index (χ0v) is 20.3. The third-order valence-corrected chi connectivity index (χ3v) is 5.86. The zero-order chi connectivity index (χ0) is 26.1. The molecule has 1 saturated heterocycles. The molecule has 0 amide bonds. The van der Waals surface area contributed by atoms with Crippen molar-refractivity contribution in [2.75, 3.05) is 18.3 Å². The molecule has 3 unspecified atom stereocenters. The van der Waals surface area contributed by atoms with E-state index in [2.05, 4.69) is 0 Å².